The average Bonchev–Trinajstić information content (AvgIpc) is 3.47. The summed E-state index contributed by atoms with van der Waals surface area (Å²) in [7, 11) is 0. The van der Waals surface area contributed by atoms with E-state index in [2.05, 4.69) is 202 Å². The first-order chi connectivity index (χ1) is 31.2. The van der Waals surface area contributed by atoms with Crippen molar-refractivity contribution in [2.45, 2.75) is 186 Å². The fourth-order valence-electron chi connectivity index (χ4n) is 12.5. The van der Waals surface area contributed by atoms with E-state index >= 15 is 0 Å². The molecule has 0 saturated carbocycles. The standard InChI is InChI=1S/C65H82N2/c1-27-55-39(11)49(21)62(50(22)40(55)12)66(60-44(16)33(5)30(2)34(6)45(60)17)63-51(23)41(13)58(42(14)52(63)24)59-43(15)53(25)65-57(54(59)26)29-28-56-38(10)32(4)37(9)48(20)64(56)67(65)61-46(18)35(7)31(3)36(8)47(61)19/h28-29H,27H2,1-26H3. The van der Waals surface area contributed by atoms with Gasteiger partial charge in [0.25, 0.3) is 0 Å². The summed E-state index contributed by atoms with van der Waals surface area (Å²) in [4.78, 5) is 5.42. The van der Waals surface area contributed by atoms with E-state index < -0.39 is 0 Å². The summed E-state index contributed by atoms with van der Waals surface area (Å²) in [5.74, 6) is 0. The van der Waals surface area contributed by atoms with Crippen molar-refractivity contribution in [2.24, 2.45) is 0 Å². The first-order valence-electron chi connectivity index (χ1n) is 25.1. The normalized spacial score (nSPS) is 12.3. The van der Waals surface area contributed by atoms with Crippen LogP contribution >= 0.6 is 0 Å². The van der Waals surface area contributed by atoms with Crippen LogP contribution in [0.3, 0.4) is 0 Å². The van der Waals surface area contributed by atoms with Crippen LogP contribution in [-0.2, 0) is 6.42 Å². The van der Waals surface area contributed by atoms with E-state index in [-0.39, 0.29) is 0 Å². The molecular formula is C65H82N2. The molecular weight excluding hydrogens is 809 g/mol. The van der Waals surface area contributed by atoms with Crippen LogP contribution in [0.4, 0.5) is 34.1 Å². The summed E-state index contributed by atoms with van der Waals surface area (Å²) in [6, 6.07) is 0. The minimum atomic E-state index is 1.03. The van der Waals surface area contributed by atoms with Gasteiger partial charge >= 0.3 is 0 Å². The van der Waals surface area contributed by atoms with Crippen molar-refractivity contribution < 1.29 is 0 Å². The van der Waals surface area contributed by atoms with Gasteiger partial charge in [0.1, 0.15) is 0 Å². The Kier molecular flexibility index (Phi) is 12.8. The number of hydrogen-bond donors (Lipinski definition) is 0. The van der Waals surface area contributed by atoms with E-state index in [0.29, 0.717) is 0 Å². The smallest absolute Gasteiger partial charge is 0.0569 e. The third-order valence-electron chi connectivity index (χ3n) is 18.6. The largest absolute Gasteiger partial charge is 0.309 e. The fourth-order valence-corrected chi connectivity index (χ4v) is 12.5. The second kappa shape index (κ2) is 17.3. The van der Waals surface area contributed by atoms with Gasteiger partial charge in [0.05, 0.1) is 34.1 Å². The average molecular weight is 891 g/mol. The van der Waals surface area contributed by atoms with Gasteiger partial charge in [-0.3, -0.25) is 0 Å². The number of rotatable bonds is 6. The van der Waals surface area contributed by atoms with Crippen molar-refractivity contribution in [3.63, 3.8) is 0 Å². The first kappa shape index (κ1) is 49.6. The van der Waals surface area contributed by atoms with Gasteiger partial charge in [-0.05, 0) is 335 Å². The molecule has 1 aliphatic rings. The van der Waals surface area contributed by atoms with Gasteiger partial charge in [-0.15, -0.1) is 0 Å². The summed E-state index contributed by atoms with van der Waals surface area (Å²) < 4.78 is 0. The van der Waals surface area contributed by atoms with E-state index in [9.17, 15) is 0 Å². The molecule has 0 saturated heterocycles. The third-order valence-corrected chi connectivity index (χ3v) is 18.6. The SMILES string of the molecule is CCc1c(C)c(C)c(N(c2c(C)c(C)c(C)c(C)c2C)c2c(C)c(C)c(-c3c(C)c(C)c4c(c3C)C=Cc3c(C)c(C)c(C)c(C)c3N4c3c(C)c(C)c(C)c(C)c3C)c(C)c2C)c(C)c1C. The summed E-state index contributed by atoms with van der Waals surface area (Å²) >= 11 is 0. The van der Waals surface area contributed by atoms with Gasteiger partial charge in [0.15, 0.2) is 0 Å². The molecule has 2 nitrogen and oxygen atoms in total. The van der Waals surface area contributed by atoms with Crippen molar-refractivity contribution in [3.8, 4) is 11.1 Å². The van der Waals surface area contributed by atoms with Gasteiger partial charge < -0.3 is 9.80 Å². The van der Waals surface area contributed by atoms with E-state index in [0.717, 1.165) is 6.42 Å². The molecule has 0 amide bonds. The quantitative estimate of drug-likeness (QED) is 0.164. The van der Waals surface area contributed by atoms with E-state index in [1.54, 1.807) is 0 Å². The number of benzene rings is 6. The van der Waals surface area contributed by atoms with Gasteiger partial charge in [-0.2, -0.15) is 0 Å². The molecule has 7 rings (SSSR count). The van der Waals surface area contributed by atoms with Crippen LogP contribution in [0, 0.1) is 173 Å². The molecule has 0 radical (unpaired) electrons. The minimum Gasteiger partial charge on any atom is -0.309 e. The Balaban J connectivity index is 1.63. The summed E-state index contributed by atoms with van der Waals surface area (Å²) in [5, 5.41) is 0. The van der Waals surface area contributed by atoms with Crippen molar-refractivity contribution in [1.29, 1.82) is 0 Å². The molecule has 0 aliphatic carbocycles. The minimum absolute atomic E-state index is 1.03. The van der Waals surface area contributed by atoms with Crippen LogP contribution in [0.2, 0.25) is 0 Å². The van der Waals surface area contributed by atoms with Crippen molar-refractivity contribution >= 4 is 46.3 Å². The van der Waals surface area contributed by atoms with Crippen LogP contribution in [0.25, 0.3) is 23.3 Å². The fraction of sp³-hybridized carbons (Fsp3) is 0.415. The highest BCUT2D eigenvalue weighted by molar-refractivity contribution is 6.02. The molecule has 1 heterocycles. The Morgan fingerprint density at radius 3 is 0.910 bits per heavy atom. The predicted molar refractivity (Wildman–Crippen MR) is 298 cm³/mol. The van der Waals surface area contributed by atoms with E-state index in [4.69, 9.17) is 0 Å². The topological polar surface area (TPSA) is 6.48 Å². The van der Waals surface area contributed by atoms with Gasteiger partial charge in [0.2, 0.25) is 0 Å². The number of nitrogens with zero attached hydrogens (tertiary/aromatic N) is 2. The van der Waals surface area contributed by atoms with E-state index in [1.165, 1.54) is 201 Å². The lowest BCUT2D eigenvalue weighted by molar-refractivity contribution is 1.03. The highest BCUT2D eigenvalue weighted by Gasteiger charge is 2.35. The Morgan fingerprint density at radius 2 is 0.522 bits per heavy atom. The molecule has 1 aliphatic heterocycles. The molecule has 0 aromatic heterocycles. The lowest BCUT2D eigenvalue weighted by Crippen LogP contribution is -2.22. The molecule has 352 valence electrons. The zero-order chi connectivity index (χ0) is 50.1. The molecule has 0 N–H and O–H groups in total. The lowest BCUT2D eigenvalue weighted by atomic mass is 9.80. The van der Waals surface area contributed by atoms with Crippen molar-refractivity contribution in [3.05, 3.63) is 156 Å². The van der Waals surface area contributed by atoms with Crippen LogP contribution in [0.5, 0.6) is 0 Å². The Labute approximate surface area is 407 Å². The number of hydrogen-bond acceptors (Lipinski definition) is 2. The second-order valence-corrected chi connectivity index (χ2v) is 21.1. The summed E-state index contributed by atoms with van der Waals surface area (Å²) in [6.07, 6.45) is 5.94. The monoisotopic (exact) mass is 891 g/mol. The number of fused-ring (bicyclic) bond motifs is 2. The first-order valence-corrected chi connectivity index (χ1v) is 25.1. The third kappa shape index (κ3) is 6.92. The lowest BCUT2D eigenvalue weighted by Gasteiger charge is -2.38. The zero-order valence-electron chi connectivity index (χ0n) is 46.8. The van der Waals surface area contributed by atoms with Crippen molar-refractivity contribution in [1.82, 2.24) is 0 Å². The molecule has 0 spiro atoms. The Morgan fingerprint density at radius 1 is 0.269 bits per heavy atom. The molecule has 0 bridgehead atoms. The van der Waals surface area contributed by atoms with Crippen LogP contribution in [-0.4, -0.2) is 0 Å². The summed E-state index contributed by atoms with van der Waals surface area (Å²) in [5.41, 5.74) is 49.0. The summed E-state index contributed by atoms with van der Waals surface area (Å²) in [6.45, 7) is 61.2. The Bertz CT molecular complexity index is 3080. The van der Waals surface area contributed by atoms with Crippen molar-refractivity contribution in [2.75, 3.05) is 9.80 Å². The predicted octanol–water partition coefficient (Wildman–Crippen LogP) is 19.0. The highest BCUT2D eigenvalue weighted by Crippen LogP contribution is 2.56. The molecule has 6 aromatic rings. The molecule has 0 fully saturated rings. The molecule has 0 unspecified atom stereocenters. The maximum atomic E-state index is 2.72. The molecule has 67 heavy (non-hydrogen) atoms. The molecule has 6 aromatic carbocycles. The maximum absolute atomic E-state index is 2.72. The molecule has 0 atom stereocenters. The van der Waals surface area contributed by atoms with Gasteiger partial charge in [0, 0.05) is 11.1 Å². The Hall–Kier alpha value is -5.34. The maximum Gasteiger partial charge on any atom is 0.0569 e. The van der Waals surface area contributed by atoms with Gasteiger partial charge in [-0.25, -0.2) is 0 Å². The van der Waals surface area contributed by atoms with Crippen LogP contribution < -0.4 is 9.80 Å². The van der Waals surface area contributed by atoms with Crippen LogP contribution in [0.15, 0.2) is 0 Å². The van der Waals surface area contributed by atoms with Crippen LogP contribution in [0.1, 0.15) is 163 Å². The van der Waals surface area contributed by atoms with Gasteiger partial charge in [-0.1, -0.05) is 19.1 Å². The molecule has 2 heteroatoms. The zero-order valence-corrected chi connectivity index (χ0v) is 46.8. The highest BCUT2D eigenvalue weighted by atomic mass is 15.2. The second-order valence-electron chi connectivity index (χ2n) is 21.1. The number of anilines is 6. The van der Waals surface area contributed by atoms with E-state index in [1.807, 2.05) is 0 Å².